The Balaban J connectivity index is 0.00000468. The molecule has 0 unspecified atom stereocenters. The molecule has 13 nitrogen and oxygen atoms in total. The molecule has 3 amide bonds. The smallest absolute Gasteiger partial charge is 0.270 e. The third-order valence-corrected chi connectivity index (χ3v) is 9.56. The van der Waals surface area contributed by atoms with Crippen molar-refractivity contribution in [1.82, 2.24) is 36.2 Å². The minimum absolute atomic E-state index is 0. The van der Waals surface area contributed by atoms with Crippen LogP contribution in [0.25, 0.3) is 22.5 Å². The molecule has 2 aliphatic rings. The summed E-state index contributed by atoms with van der Waals surface area (Å²) in [5.41, 5.74) is 17.0. The second kappa shape index (κ2) is 16.1. The highest BCUT2D eigenvalue weighted by atomic mass is 35.5. The number of anilines is 1. The van der Waals surface area contributed by atoms with Crippen molar-refractivity contribution in [3.63, 3.8) is 0 Å². The van der Waals surface area contributed by atoms with Crippen LogP contribution in [0.1, 0.15) is 53.8 Å². The number of carbonyl (C=O) groups excluding carboxylic acids is 3. The Bertz CT molecular complexity index is 1720. The molecule has 2 fully saturated rings. The summed E-state index contributed by atoms with van der Waals surface area (Å²) >= 11 is 0. The van der Waals surface area contributed by atoms with Crippen LogP contribution in [-0.4, -0.2) is 75.0 Å². The largest absolute Gasteiger partial charge is 0.368 e. The highest BCUT2D eigenvalue weighted by molar-refractivity contribution is 6.02. The second-order valence-electron chi connectivity index (χ2n) is 12.8. The van der Waals surface area contributed by atoms with Gasteiger partial charge in [0.2, 0.25) is 17.6 Å². The Hall–Kier alpha value is -4.72. The third-order valence-electron chi connectivity index (χ3n) is 9.56. The molecule has 2 atom stereocenters. The molecule has 1 aliphatic carbocycles. The van der Waals surface area contributed by atoms with Crippen molar-refractivity contribution in [3.8, 4) is 22.5 Å². The Morgan fingerprint density at radius 2 is 1.67 bits per heavy atom. The number of nitrogens with two attached hydrogens (primary N) is 2. The van der Waals surface area contributed by atoms with E-state index >= 15 is 0 Å². The SMILES string of the molecule is Cc1nc(C(=O)N[C@@H]2CCNC2)ccc1-c1ccc(C[C@@H](C(N)=O)N(C(=O)C2CCC(CN)CC2)c2ccc(-c3nn[nH]n3)cc2)cc1.Cl. The summed E-state index contributed by atoms with van der Waals surface area (Å²) in [6.45, 7) is 4.15. The minimum Gasteiger partial charge on any atom is -0.368 e. The number of amides is 3. The summed E-state index contributed by atoms with van der Waals surface area (Å²) in [4.78, 5) is 46.2. The summed E-state index contributed by atoms with van der Waals surface area (Å²) < 4.78 is 0. The average molecular weight is 687 g/mol. The number of hydrogen-bond acceptors (Lipinski definition) is 9. The fraction of sp³-hybridized carbons (Fsp3) is 0.400. The molecular formula is C35H43ClN10O3. The Kier molecular flexibility index (Phi) is 11.7. The van der Waals surface area contributed by atoms with E-state index in [1.54, 1.807) is 35.2 Å². The lowest BCUT2D eigenvalue weighted by atomic mass is 9.81. The maximum atomic E-state index is 14.2. The van der Waals surface area contributed by atoms with Crippen molar-refractivity contribution in [2.75, 3.05) is 24.5 Å². The number of carbonyl (C=O) groups is 3. The lowest BCUT2D eigenvalue weighted by Gasteiger charge is -2.35. The second-order valence-corrected chi connectivity index (χ2v) is 12.8. The van der Waals surface area contributed by atoms with Crippen LogP contribution in [0.5, 0.6) is 0 Å². The van der Waals surface area contributed by atoms with Crippen molar-refractivity contribution in [1.29, 1.82) is 0 Å². The first-order valence-electron chi connectivity index (χ1n) is 16.6. The van der Waals surface area contributed by atoms with Crippen molar-refractivity contribution < 1.29 is 14.4 Å². The zero-order valence-corrected chi connectivity index (χ0v) is 28.3. The number of aromatic nitrogens is 5. The van der Waals surface area contributed by atoms with Gasteiger partial charge in [0.1, 0.15) is 11.7 Å². The first-order chi connectivity index (χ1) is 23.3. The van der Waals surface area contributed by atoms with Crippen LogP contribution in [-0.2, 0) is 16.0 Å². The number of nitrogens with zero attached hydrogens (tertiary/aromatic N) is 5. The molecule has 3 heterocycles. The van der Waals surface area contributed by atoms with Crippen LogP contribution in [0.15, 0.2) is 60.7 Å². The highest BCUT2D eigenvalue weighted by Gasteiger charge is 2.36. The molecule has 1 saturated heterocycles. The van der Waals surface area contributed by atoms with E-state index in [2.05, 4.69) is 36.2 Å². The lowest BCUT2D eigenvalue weighted by molar-refractivity contribution is -0.127. The van der Waals surface area contributed by atoms with Crippen LogP contribution >= 0.6 is 12.4 Å². The number of pyridine rings is 1. The number of rotatable bonds is 11. The van der Waals surface area contributed by atoms with Crippen LogP contribution in [0, 0.1) is 18.8 Å². The van der Waals surface area contributed by atoms with Crippen molar-refractivity contribution in [2.45, 2.75) is 57.5 Å². The van der Waals surface area contributed by atoms with E-state index in [9.17, 15) is 14.4 Å². The molecule has 0 radical (unpaired) electrons. The van der Waals surface area contributed by atoms with Crippen molar-refractivity contribution >= 4 is 35.8 Å². The van der Waals surface area contributed by atoms with E-state index in [4.69, 9.17) is 11.5 Å². The highest BCUT2D eigenvalue weighted by Crippen LogP contribution is 2.33. The van der Waals surface area contributed by atoms with Gasteiger partial charge < -0.3 is 22.1 Å². The molecule has 0 bridgehead atoms. The van der Waals surface area contributed by atoms with Crippen molar-refractivity contribution in [3.05, 3.63) is 77.6 Å². The van der Waals surface area contributed by atoms with Gasteiger partial charge in [-0.25, -0.2) is 4.98 Å². The average Bonchev–Trinajstić information content (AvgIpc) is 3.84. The fourth-order valence-electron chi connectivity index (χ4n) is 6.75. The normalized spacial score (nSPS) is 19.4. The summed E-state index contributed by atoms with van der Waals surface area (Å²) in [6.07, 6.45) is 4.31. The number of nitrogens with one attached hydrogen (secondary N) is 3. The molecule has 258 valence electrons. The van der Waals surface area contributed by atoms with Gasteiger partial charge in [-0.1, -0.05) is 30.3 Å². The molecule has 4 aromatic rings. The number of tetrazole rings is 1. The van der Waals surface area contributed by atoms with Gasteiger partial charge in [-0.15, -0.1) is 22.6 Å². The maximum absolute atomic E-state index is 14.2. The summed E-state index contributed by atoms with van der Waals surface area (Å²) in [5, 5.41) is 20.4. The van der Waals surface area contributed by atoms with Gasteiger partial charge in [0.15, 0.2) is 0 Å². The van der Waals surface area contributed by atoms with Crippen molar-refractivity contribution in [2.24, 2.45) is 23.3 Å². The number of benzene rings is 2. The fourth-order valence-corrected chi connectivity index (χ4v) is 6.75. The van der Waals surface area contributed by atoms with Crippen LogP contribution in [0.2, 0.25) is 0 Å². The number of halogens is 1. The monoisotopic (exact) mass is 686 g/mol. The van der Waals surface area contributed by atoms with Gasteiger partial charge in [-0.3, -0.25) is 19.3 Å². The van der Waals surface area contributed by atoms with E-state index in [0.717, 1.165) is 60.3 Å². The number of H-pyrrole nitrogens is 1. The van der Waals surface area contributed by atoms with Gasteiger partial charge in [0.05, 0.1) is 0 Å². The standard InChI is InChI=1S/C35H42N10O3.ClH/c1-21-29(14-15-30(39-21)34(47)40-27-16-17-38-20-27)24-6-2-22(3-7-24)18-31(32(37)46)45(35(48)26-8-4-23(19-36)5-9-26)28-12-10-25(11-13-28)33-41-43-44-42-33;/h2-3,6-7,10-15,23,26-27,31,38H,4-5,8-9,16-20,36H2,1H3,(H2,37,46)(H,40,47)(H,41,42,43,44);1H/t23?,26?,27-,31+;/m1./s1. The Labute approximate surface area is 291 Å². The van der Waals surface area contributed by atoms with Crippen LogP contribution < -0.4 is 27.0 Å². The molecule has 6 rings (SSSR count). The Morgan fingerprint density at radius 3 is 2.27 bits per heavy atom. The molecular weight excluding hydrogens is 644 g/mol. The number of aryl methyl sites for hydroxylation is 1. The van der Waals surface area contributed by atoms with E-state index in [-0.39, 0.29) is 42.6 Å². The number of aromatic amines is 1. The summed E-state index contributed by atoms with van der Waals surface area (Å²) in [6, 6.07) is 17.8. The zero-order chi connectivity index (χ0) is 33.6. The summed E-state index contributed by atoms with van der Waals surface area (Å²) in [7, 11) is 0. The van der Waals surface area contributed by atoms with Crippen LogP contribution in [0.4, 0.5) is 5.69 Å². The molecule has 2 aromatic carbocycles. The van der Waals surface area contributed by atoms with E-state index < -0.39 is 11.9 Å². The van der Waals surface area contributed by atoms with Gasteiger partial charge in [0, 0.05) is 47.4 Å². The lowest BCUT2D eigenvalue weighted by Crippen LogP contribution is -2.52. The van der Waals surface area contributed by atoms with E-state index in [1.165, 1.54) is 0 Å². The molecule has 14 heteroatoms. The topological polar surface area (TPSA) is 198 Å². The zero-order valence-electron chi connectivity index (χ0n) is 27.5. The number of hydrogen-bond donors (Lipinski definition) is 5. The van der Waals surface area contributed by atoms with Gasteiger partial charge >= 0.3 is 0 Å². The summed E-state index contributed by atoms with van der Waals surface area (Å²) in [5.74, 6) is -0.285. The molecule has 1 saturated carbocycles. The molecule has 1 aliphatic heterocycles. The quantitative estimate of drug-likeness (QED) is 0.157. The minimum atomic E-state index is -0.914. The molecule has 49 heavy (non-hydrogen) atoms. The van der Waals surface area contributed by atoms with Crippen LogP contribution in [0.3, 0.4) is 0 Å². The third kappa shape index (κ3) is 8.30. The molecule has 0 spiro atoms. The van der Waals surface area contributed by atoms with E-state index in [0.29, 0.717) is 42.5 Å². The number of primary amides is 1. The molecule has 2 aromatic heterocycles. The first-order valence-corrected chi connectivity index (χ1v) is 16.6. The Morgan fingerprint density at radius 1 is 0.959 bits per heavy atom. The van der Waals surface area contributed by atoms with Gasteiger partial charge in [0.25, 0.3) is 5.91 Å². The molecule has 7 N–H and O–H groups in total. The first kappa shape index (κ1) is 35.6. The maximum Gasteiger partial charge on any atom is 0.270 e. The van der Waals surface area contributed by atoms with Gasteiger partial charge in [-0.05, 0) is 105 Å². The van der Waals surface area contributed by atoms with E-state index in [1.807, 2.05) is 37.3 Å². The predicted octanol–water partition coefficient (Wildman–Crippen LogP) is 2.95. The van der Waals surface area contributed by atoms with Gasteiger partial charge in [-0.2, -0.15) is 5.21 Å². The predicted molar refractivity (Wildman–Crippen MR) is 189 cm³/mol.